The fraction of sp³-hybridized carbons (Fsp3) is 0.680. The van der Waals surface area contributed by atoms with Crippen LogP contribution in [0.2, 0.25) is 5.02 Å². The largest absolute Gasteiger partial charge is 0.381 e. The topological polar surface area (TPSA) is 61.9 Å². The van der Waals surface area contributed by atoms with E-state index in [1.54, 1.807) is 0 Å². The normalized spacial score (nSPS) is 24.8. The smallest absolute Gasteiger partial charge is 0.226 e. The van der Waals surface area contributed by atoms with Crippen LogP contribution in [0, 0.1) is 18.8 Å². The molecule has 2 amide bonds. The van der Waals surface area contributed by atoms with E-state index < -0.39 is 0 Å². The van der Waals surface area contributed by atoms with Gasteiger partial charge in [-0.1, -0.05) is 24.4 Å². The standard InChI is InChI=1S/C25H36ClN3O3/c1-17-14-28(8-9-29(17)25(31)20-5-3-4-6-20)15-21-12-22(26)13-23(18(21)2)27-24(30)11-19-7-10-32-16-19/h12-13,17,19-20H,3-11,14-16H2,1-2H3,(H,27,30)/t17-,19+/m0/s1. The Bertz CT molecular complexity index is 834. The lowest BCUT2D eigenvalue weighted by atomic mass is 10.0. The van der Waals surface area contributed by atoms with Crippen LogP contribution in [0.4, 0.5) is 5.69 Å². The predicted octanol–water partition coefficient (Wildman–Crippen LogP) is 4.24. The molecule has 0 aromatic heterocycles. The van der Waals surface area contributed by atoms with Crippen molar-refractivity contribution in [2.75, 3.05) is 38.2 Å². The van der Waals surface area contributed by atoms with Crippen molar-refractivity contribution in [3.63, 3.8) is 0 Å². The van der Waals surface area contributed by atoms with Crippen LogP contribution in [0.25, 0.3) is 0 Å². The first kappa shape index (κ1) is 23.5. The monoisotopic (exact) mass is 461 g/mol. The molecule has 1 aliphatic carbocycles. The van der Waals surface area contributed by atoms with Crippen LogP contribution in [-0.2, 0) is 20.9 Å². The summed E-state index contributed by atoms with van der Waals surface area (Å²) in [6.45, 7) is 8.87. The number of nitrogens with zero attached hydrogens (tertiary/aromatic N) is 2. The maximum Gasteiger partial charge on any atom is 0.226 e. The van der Waals surface area contributed by atoms with Gasteiger partial charge in [-0.05, 0) is 62.3 Å². The summed E-state index contributed by atoms with van der Waals surface area (Å²) >= 11 is 6.42. The van der Waals surface area contributed by atoms with Gasteiger partial charge >= 0.3 is 0 Å². The third kappa shape index (κ3) is 5.64. The molecule has 3 aliphatic rings. The second-order valence-electron chi connectivity index (χ2n) is 9.82. The Balaban J connectivity index is 1.36. The van der Waals surface area contributed by atoms with E-state index in [1.807, 2.05) is 19.1 Å². The van der Waals surface area contributed by atoms with Crippen LogP contribution in [0.5, 0.6) is 0 Å². The number of rotatable bonds is 6. The molecule has 0 unspecified atom stereocenters. The SMILES string of the molecule is Cc1c(CN2CCN(C(=O)C3CCCC3)[C@@H](C)C2)cc(Cl)cc1NC(=O)C[C@H]1CCOC1. The van der Waals surface area contributed by atoms with Gasteiger partial charge < -0.3 is 15.0 Å². The number of anilines is 1. The molecular formula is C25H36ClN3O3. The van der Waals surface area contributed by atoms with Crippen molar-refractivity contribution in [3.8, 4) is 0 Å². The molecule has 32 heavy (non-hydrogen) atoms. The van der Waals surface area contributed by atoms with Crippen LogP contribution in [-0.4, -0.2) is 60.5 Å². The van der Waals surface area contributed by atoms with Gasteiger partial charge in [0.05, 0.1) is 0 Å². The fourth-order valence-electron chi connectivity index (χ4n) is 5.39. The zero-order valence-corrected chi connectivity index (χ0v) is 20.1. The first-order valence-electron chi connectivity index (χ1n) is 12.1. The van der Waals surface area contributed by atoms with Crippen molar-refractivity contribution in [1.29, 1.82) is 0 Å². The number of benzene rings is 1. The second kappa shape index (κ2) is 10.5. The number of halogens is 1. The van der Waals surface area contributed by atoms with Crippen LogP contribution in [0.1, 0.15) is 56.6 Å². The molecule has 0 spiro atoms. The molecule has 4 rings (SSSR count). The molecule has 2 saturated heterocycles. The minimum absolute atomic E-state index is 0.0180. The maximum absolute atomic E-state index is 12.9. The lowest BCUT2D eigenvalue weighted by Crippen LogP contribution is -2.54. The predicted molar refractivity (Wildman–Crippen MR) is 127 cm³/mol. The molecule has 1 aromatic rings. The fourth-order valence-corrected chi connectivity index (χ4v) is 5.63. The molecule has 1 saturated carbocycles. The van der Waals surface area contributed by atoms with Crippen LogP contribution < -0.4 is 5.32 Å². The zero-order valence-electron chi connectivity index (χ0n) is 19.4. The Kier molecular flexibility index (Phi) is 7.74. The van der Waals surface area contributed by atoms with Crippen LogP contribution in [0.3, 0.4) is 0 Å². The molecule has 7 heteroatoms. The summed E-state index contributed by atoms with van der Waals surface area (Å²) in [5.74, 6) is 0.913. The van der Waals surface area contributed by atoms with Crippen molar-refractivity contribution in [2.45, 2.75) is 65.0 Å². The molecule has 3 fully saturated rings. The molecule has 2 heterocycles. The van der Waals surface area contributed by atoms with Gasteiger partial charge in [-0.25, -0.2) is 0 Å². The van der Waals surface area contributed by atoms with Crippen molar-refractivity contribution in [3.05, 3.63) is 28.3 Å². The first-order chi connectivity index (χ1) is 15.4. The molecule has 1 aromatic carbocycles. The molecule has 2 aliphatic heterocycles. The highest BCUT2D eigenvalue weighted by molar-refractivity contribution is 6.31. The van der Waals surface area contributed by atoms with Gasteiger partial charge in [0.2, 0.25) is 11.8 Å². The molecule has 1 N–H and O–H groups in total. The summed E-state index contributed by atoms with van der Waals surface area (Å²) in [6.07, 6.45) is 5.90. The summed E-state index contributed by atoms with van der Waals surface area (Å²) in [5, 5.41) is 3.70. The van der Waals surface area contributed by atoms with Gasteiger partial charge in [-0.15, -0.1) is 0 Å². The van der Waals surface area contributed by atoms with Crippen molar-refractivity contribution < 1.29 is 14.3 Å². The first-order valence-corrected chi connectivity index (χ1v) is 12.5. The molecule has 0 bridgehead atoms. The number of nitrogens with one attached hydrogen (secondary N) is 1. The van der Waals surface area contributed by atoms with Gasteiger partial charge in [0.25, 0.3) is 0 Å². The highest BCUT2D eigenvalue weighted by atomic mass is 35.5. The molecule has 2 atom stereocenters. The highest BCUT2D eigenvalue weighted by Gasteiger charge is 2.33. The Hall–Kier alpha value is -1.63. The Morgan fingerprint density at radius 2 is 1.97 bits per heavy atom. The second-order valence-corrected chi connectivity index (χ2v) is 10.3. The van der Waals surface area contributed by atoms with Gasteiger partial charge in [0, 0.05) is 68.5 Å². The van der Waals surface area contributed by atoms with E-state index in [0.29, 0.717) is 29.9 Å². The zero-order chi connectivity index (χ0) is 22.7. The Morgan fingerprint density at radius 3 is 2.66 bits per heavy atom. The van der Waals surface area contributed by atoms with E-state index in [0.717, 1.165) is 68.9 Å². The lowest BCUT2D eigenvalue weighted by Gasteiger charge is -2.41. The van der Waals surface area contributed by atoms with E-state index in [1.165, 1.54) is 12.8 Å². The van der Waals surface area contributed by atoms with E-state index in [-0.39, 0.29) is 17.9 Å². The highest BCUT2D eigenvalue weighted by Crippen LogP contribution is 2.30. The molecule has 0 radical (unpaired) electrons. The number of ether oxygens (including phenoxy) is 1. The van der Waals surface area contributed by atoms with E-state index in [4.69, 9.17) is 16.3 Å². The summed E-state index contributed by atoms with van der Waals surface area (Å²) < 4.78 is 5.38. The summed E-state index contributed by atoms with van der Waals surface area (Å²) in [6, 6.07) is 4.05. The van der Waals surface area contributed by atoms with Gasteiger partial charge in [0.1, 0.15) is 0 Å². The minimum Gasteiger partial charge on any atom is -0.381 e. The quantitative estimate of drug-likeness (QED) is 0.688. The van der Waals surface area contributed by atoms with Crippen molar-refractivity contribution in [2.24, 2.45) is 11.8 Å². The van der Waals surface area contributed by atoms with Gasteiger partial charge in [-0.2, -0.15) is 0 Å². The summed E-state index contributed by atoms with van der Waals surface area (Å²) in [5.41, 5.74) is 2.97. The van der Waals surface area contributed by atoms with E-state index in [9.17, 15) is 9.59 Å². The van der Waals surface area contributed by atoms with Crippen molar-refractivity contribution in [1.82, 2.24) is 9.80 Å². The van der Waals surface area contributed by atoms with Crippen LogP contribution >= 0.6 is 11.6 Å². The lowest BCUT2D eigenvalue weighted by molar-refractivity contribution is -0.140. The Morgan fingerprint density at radius 1 is 1.19 bits per heavy atom. The van der Waals surface area contributed by atoms with Crippen molar-refractivity contribution >= 4 is 29.1 Å². The van der Waals surface area contributed by atoms with Crippen LogP contribution in [0.15, 0.2) is 12.1 Å². The van der Waals surface area contributed by atoms with E-state index in [2.05, 4.69) is 22.0 Å². The summed E-state index contributed by atoms with van der Waals surface area (Å²) in [4.78, 5) is 29.9. The third-order valence-corrected chi connectivity index (χ3v) is 7.56. The van der Waals surface area contributed by atoms with E-state index >= 15 is 0 Å². The molecular weight excluding hydrogens is 426 g/mol. The van der Waals surface area contributed by atoms with Gasteiger partial charge in [0.15, 0.2) is 0 Å². The number of carbonyl (C=O) groups excluding carboxylic acids is 2. The number of hydrogen-bond donors (Lipinski definition) is 1. The molecule has 176 valence electrons. The maximum atomic E-state index is 12.9. The minimum atomic E-state index is 0.0180. The molecule has 6 nitrogen and oxygen atoms in total. The number of hydrogen-bond acceptors (Lipinski definition) is 4. The average molecular weight is 462 g/mol. The number of amides is 2. The average Bonchev–Trinajstić information content (AvgIpc) is 3.45. The third-order valence-electron chi connectivity index (χ3n) is 7.35. The van der Waals surface area contributed by atoms with Gasteiger partial charge in [-0.3, -0.25) is 14.5 Å². The summed E-state index contributed by atoms with van der Waals surface area (Å²) in [7, 11) is 0. The number of piperazine rings is 1. The number of carbonyl (C=O) groups is 2. The Labute approximate surface area is 196 Å².